The molecule has 24 heavy (non-hydrogen) atoms. The maximum atomic E-state index is 12.2. The van der Waals surface area contributed by atoms with Gasteiger partial charge >= 0.3 is 6.09 Å². The van der Waals surface area contributed by atoms with E-state index in [0.717, 1.165) is 38.1 Å². The SMILES string of the molecule is CC(C)(C)OC(=O)N1CCC(c2ccccc2OCCCCl)CC1. The Kier molecular flexibility index (Phi) is 6.79. The number of carbonyl (C=O) groups excluding carboxylic acids is 1. The van der Waals surface area contributed by atoms with Crippen molar-refractivity contribution in [3.63, 3.8) is 0 Å². The van der Waals surface area contributed by atoms with Crippen molar-refractivity contribution in [1.29, 1.82) is 0 Å². The molecule has 1 aromatic carbocycles. The Morgan fingerprint density at radius 1 is 1.25 bits per heavy atom. The van der Waals surface area contributed by atoms with Gasteiger partial charge in [-0.05, 0) is 57.6 Å². The van der Waals surface area contributed by atoms with Gasteiger partial charge < -0.3 is 14.4 Å². The van der Waals surface area contributed by atoms with E-state index >= 15 is 0 Å². The number of hydrogen-bond acceptors (Lipinski definition) is 3. The number of carbonyl (C=O) groups is 1. The van der Waals surface area contributed by atoms with Crippen molar-refractivity contribution in [2.24, 2.45) is 0 Å². The van der Waals surface area contributed by atoms with Crippen LogP contribution in [-0.4, -0.2) is 42.2 Å². The summed E-state index contributed by atoms with van der Waals surface area (Å²) in [6.07, 6.45) is 2.48. The van der Waals surface area contributed by atoms with E-state index in [2.05, 4.69) is 6.07 Å². The summed E-state index contributed by atoms with van der Waals surface area (Å²) in [4.78, 5) is 14.0. The zero-order chi connectivity index (χ0) is 17.6. The van der Waals surface area contributed by atoms with Crippen LogP contribution in [0.25, 0.3) is 0 Å². The number of benzene rings is 1. The van der Waals surface area contributed by atoms with E-state index < -0.39 is 5.60 Å². The highest BCUT2D eigenvalue weighted by Crippen LogP contribution is 2.34. The third-order valence-electron chi connectivity index (χ3n) is 4.04. The molecule has 1 amide bonds. The number of hydrogen-bond donors (Lipinski definition) is 0. The average molecular weight is 354 g/mol. The predicted molar refractivity (Wildman–Crippen MR) is 97.1 cm³/mol. The minimum absolute atomic E-state index is 0.215. The average Bonchev–Trinajstić information content (AvgIpc) is 2.54. The number of rotatable bonds is 5. The molecule has 134 valence electrons. The summed E-state index contributed by atoms with van der Waals surface area (Å²) >= 11 is 5.72. The minimum Gasteiger partial charge on any atom is -0.493 e. The number of ether oxygens (including phenoxy) is 2. The molecule has 1 fully saturated rings. The van der Waals surface area contributed by atoms with Gasteiger partial charge in [0, 0.05) is 19.0 Å². The molecule has 0 bridgehead atoms. The summed E-state index contributed by atoms with van der Waals surface area (Å²) < 4.78 is 11.3. The molecule has 0 aliphatic carbocycles. The Morgan fingerprint density at radius 3 is 2.54 bits per heavy atom. The van der Waals surface area contributed by atoms with E-state index in [9.17, 15) is 4.79 Å². The van der Waals surface area contributed by atoms with Crippen LogP contribution >= 0.6 is 11.6 Å². The largest absolute Gasteiger partial charge is 0.493 e. The van der Waals surface area contributed by atoms with Crippen LogP contribution in [0.3, 0.4) is 0 Å². The fourth-order valence-corrected chi connectivity index (χ4v) is 2.99. The van der Waals surface area contributed by atoms with Gasteiger partial charge in [-0.3, -0.25) is 0 Å². The predicted octanol–water partition coefficient (Wildman–Crippen LogP) is 4.81. The molecule has 2 rings (SSSR count). The second-order valence-corrected chi connectivity index (χ2v) is 7.55. The van der Waals surface area contributed by atoms with Crippen LogP contribution in [0.5, 0.6) is 5.75 Å². The van der Waals surface area contributed by atoms with Crippen LogP contribution < -0.4 is 4.74 Å². The molecule has 0 radical (unpaired) electrons. The molecule has 1 aliphatic rings. The number of nitrogens with zero attached hydrogens (tertiary/aromatic N) is 1. The van der Waals surface area contributed by atoms with Crippen molar-refractivity contribution in [3.8, 4) is 5.75 Å². The lowest BCUT2D eigenvalue weighted by molar-refractivity contribution is 0.0204. The number of halogens is 1. The lowest BCUT2D eigenvalue weighted by Crippen LogP contribution is -2.41. The lowest BCUT2D eigenvalue weighted by Gasteiger charge is -2.34. The van der Waals surface area contributed by atoms with Crippen molar-refractivity contribution in [1.82, 2.24) is 4.90 Å². The highest BCUT2D eigenvalue weighted by atomic mass is 35.5. The molecule has 1 saturated heterocycles. The highest BCUT2D eigenvalue weighted by Gasteiger charge is 2.28. The van der Waals surface area contributed by atoms with Gasteiger partial charge in [0.25, 0.3) is 0 Å². The first-order valence-corrected chi connectivity index (χ1v) is 9.20. The molecule has 5 heteroatoms. The van der Waals surface area contributed by atoms with Crippen LogP contribution in [0.15, 0.2) is 24.3 Å². The van der Waals surface area contributed by atoms with E-state index in [0.29, 0.717) is 18.4 Å². The molecule has 0 unspecified atom stereocenters. The van der Waals surface area contributed by atoms with Crippen molar-refractivity contribution in [3.05, 3.63) is 29.8 Å². The first kappa shape index (κ1) is 18.9. The molecule has 0 spiro atoms. The monoisotopic (exact) mass is 353 g/mol. The topological polar surface area (TPSA) is 38.8 Å². The van der Waals surface area contributed by atoms with Crippen molar-refractivity contribution in [2.45, 2.75) is 51.6 Å². The van der Waals surface area contributed by atoms with Gasteiger partial charge in [-0.15, -0.1) is 11.6 Å². The highest BCUT2D eigenvalue weighted by molar-refractivity contribution is 6.17. The third kappa shape index (κ3) is 5.59. The Bertz CT molecular complexity index is 534. The maximum absolute atomic E-state index is 12.2. The fourth-order valence-electron chi connectivity index (χ4n) is 2.89. The van der Waals surface area contributed by atoms with Gasteiger partial charge in [-0.2, -0.15) is 0 Å². The molecule has 0 N–H and O–H groups in total. The Morgan fingerprint density at radius 2 is 1.92 bits per heavy atom. The summed E-state index contributed by atoms with van der Waals surface area (Å²) in [5.41, 5.74) is 0.785. The molecule has 0 atom stereocenters. The molecule has 1 aromatic rings. The van der Waals surface area contributed by atoms with Gasteiger partial charge in [0.05, 0.1) is 6.61 Å². The first-order chi connectivity index (χ1) is 11.4. The second kappa shape index (κ2) is 8.61. The van der Waals surface area contributed by atoms with Crippen LogP contribution in [0.2, 0.25) is 0 Å². The van der Waals surface area contributed by atoms with Crippen molar-refractivity contribution in [2.75, 3.05) is 25.6 Å². The van der Waals surface area contributed by atoms with Crippen LogP contribution in [-0.2, 0) is 4.74 Å². The molecule has 0 aromatic heterocycles. The van der Waals surface area contributed by atoms with E-state index in [4.69, 9.17) is 21.1 Å². The Balaban J connectivity index is 1.93. The standard InChI is InChI=1S/C19H28ClNO3/c1-19(2,3)24-18(22)21-12-9-15(10-13-21)16-7-4-5-8-17(16)23-14-6-11-20/h4-5,7-8,15H,6,9-14H2,1-3H3. The zero-order valence-electron chi connectivity index (χ0n) is 14.9. The van der Waals surface area contributed by atoms with Gasteiger partial charge in [0.2, 0.25) is 0 Å². The molecular weight excluding hydrogens is 326 g/mol. The molecular formula is C19H28ClNO3. The molecule has 4 nitrogen and oxygen atoms in total. The van der Waals surface area contributed by atoms with E-state index in [1.54, 1.807) is 4.90 Å². The van der Waals surface area contributed by atoms with E-state index in [-0.39, 0.29) is 6.09 Å². The number of para-hydroxylation sites is 1. The summed E-state index contributed by atoms with van der Waals surface area (Å²) in [7, 11) is 0. The fraction of sp³-hybridized carbons (Fsp3) is 0.632. The summed E-state index contributed by atoms with van der Waals surface area (Å²) in [5.74, 6) is 1.96. The Labute approximate surface area is 150 Å². The van der Waals surface area contributed by atoms with Crippen LogP contribution in [0.4, 0.5) is 4.79 Å². The number of alkyl halides is 1. The van der Waals surface area contributed by atoms with E-state index in [1.807, 2.05) is 39.0 Å². The van der Waals surface area contributed by atoms with Crippen molar-refractivity contribution >= 4 is 17.7 Å². The molecule has 1 heterocycles. The van der Waals surface area contributed by atoms with Gasteiger partial charge in [0.15, 0.2) is 0 Å². The van der Waals surface area contributed by atoms with Crippen molar-refractivity contribution < 1.29 is 14.3 Å². The van der Waals surface area contributed by atoms with Gasteiger partial charge in [-0.1, -0.05) is 18.2 Å². The third-order valence-corrected chi connectivity index (χ3v) is 4.31. The molecule has 0 saturated carbocycles. The molecule has 1 aliphatic heterocycles. The first-order valence-electron chi connectivity index (χ1n) is 8.66. The summed E-state index contributed by atoms with van der Waals surface area (Å²) in [5, 5.41) is 0. The maximum Gasteiger partial charge on any atom is 0.410 e. The van der Waals surface area contributed by atoms with E-state index in [1.165, 1.54) is 5.56 Å². The second-order valence-electron chi connectivity index (χ2n) is 7.17. The van der Waals surface area contributed by atoms with Crippen LogP contribution in [0, 0.1) is 0 Å². The zero-order valence-corrected chi connectivity index (χ0v) is 15.6. The number of piperidine rings is 1. The van der Waals surface area contributed by atoms with Gasteiger partial charge in [-0.25, -0.2) is 4.79 Å². The Hall–Kier alpha value is -1.42. The minimum atomic E-state index is -0.448. The number of amides is 1. The normalized spacial score (nSPS) is 16.1. The number of likely N-dealkylation sites (tertiary alicyclic amines) is 1. The van der Waals surface area contributed by atoms with Crippen LogP contribution in [0.1, 0.15) is 51.5 Å². The lowest BCUT2D eigenvalue weighted by atomic mass is 9.89. The summed E-state index contributed by atoms with van der Waals surface area (Å²) in [6.45, 7) is 7.76. The summed E-state index contributed by atoms with van der Waals surface area (Å²) in [6, 6.07) is 8.19. The quantitative estimate of drug-likeness (QED) is 0.563. The van der Waals surface area contributed by atoms with Gasteiger partial charge in [0.1, 0.15) is 11.4 Å². The smallest absolute Gasteiger partial charge is 0.410 e.